The van der Waals surface area contributed by atoms with E-state index in [9.17, 15) is 0 Å². The largest absolute Gasteiger partial charge is 0.220 e. The molecule has 0 aliphatic carbocycles. The van der Waals surface area contributed by atoms with Crippen molar-refractivity contribution in [1.29, 1.82) is 0 Å². The van der Waals surface area contributed by atoms with Crippen molar-refractivity contribution in [3.8, 4) is 5.82 Å². The van der Waals surface area contributed by atoms with Gasteiger partial charge in [0, 0.05) is 6.20 Å². The maximum atomic E-state index is 5.60. The molecule has 72 valence electrons. The summed E-state index contributed by atoms with van der Waals surface area (Å²) < 4.78 is 2.73. The lowest BCUT2D eigenvalue weighted by molar-refractivity contribution is 0.804. The van der Waals surface area contributed by atoms with Crippen LogP contribution in [0.2, 0.25) is 0 Å². The average molecular weight is 321 g/mol. The third-order valence-corrected chi connectivity index (χ3v) is 2.46. The van der Waals surface area contributed by atoms with Crippen LogP contribution in [0.5, 0.6) is 0 Å². The molecule has 0 amide bonds. The zero-order valence-corrected chi connectivity index (χ0v) is 9.97. The van der Waals surface area contributed by atoms with Gasteiger partial charge in [-0.15, -0.1) is 16.7 Å². The molecule has 2 rings (SSSR count). The second-order valence-electron chi connectivity index (χ2n) is 2.62. The van der Waals surface area contributed by atoms with Crippen LogP contribution in [-0.4, -0.2) is 20.0 Å². The molecule has 0 N–H and O–H groups in total. The van der Waals surface area contributed by atoms with Crippen molar-refractivity contribution in [2.24, 2.45) is 0 Å². The Kier molecular flexibility index (Phi) is 2.97. The molecule has 0 fully saturated rings. The molecule has 0 aliphatic rings. The molecule has 4 nitrogen and oxygen atoms in total. The van der Waals surface area contributed by atoms with Crippen LogP contribution in [0, 0.1) is 3.57 Å². The highest BCUT2D eigenvalue weighted by Crippen LogP contribution is 2.07. The van der Waals surface area contributed by atoms with Gasteiger partial charge < -0.3 is 0 Å². The van der Waals surface area contributed by atoms with E-state index in [2.05, 4.69) is 37.9 Å². The van der Waals surface area contributed by atoms with Crippen LogP contribution in [0.15, 0.2) is 24.5 Å². The molecule has 0 saturated heterocycles. The van der Waals surface area contributed by atoms with Gasteiger partial charge in [-0.25, -0.2) is 4.68 Å². The van der Waals surface area contributed by atoms with Crippen LogP contribution in [0.3, 0.4) is 0 Å². The van der Waals surface area contributed by atoms with Gasteiger partial charge in [0.15, 0.2) is 5.82 Å². The summed E-state index contributed by atoms with van der Waals surface area (Å²) >= 11 is 7.79. The van der Waals surface area contributed by atoms with Crippen LogP contribution >= 0.6 is 34.2 Å². The molecular weight excluding hydrogens is 314 g/mol. The smallest absolute Gasteiger partial charge is 0.175 e. The second-order valence-corrected chi connectivity index (χ2v) is 4.13. The van der Waals surface area contributed by atoms with Crippen LogP contribution in [-0.2, 0) is 5.88 Å². The Hall–Kier alpha value is -0.690. The van der Waals surface area contributed by atoms with Crippen LogP contribution in [0.4, 0.5) is 0 Å². The van der Waals surface area contributed by atoms with E-state index in [-0.39, 0.29) is 0 Å². The highest BCUT2D eigenvalue weighted by molar-refractivity contribution is 14.1. The molecule has 0 aromatic carbocycles. The summed E-state index contributed by atoms with van der Waals surface area (Å²) in [7, 11) is 0. The van der Waals surface area contributed by atoms with E-state index in [1.165, 1.54) is 0 Å². The predicted octanol–water partition coefficient (Wildman–Crippen LogP) is 2.01. The molecule has 2 aromatic rings. The normalized spacial score (nSPS) is 10.4. The molecule has 0 bridgehead atoms. The van der Waals surface area contributed by atoms with Gasteiger partial charge in [0.05, 0.1) is 21.3 Å². The molecule has 0 atom stereocenters. The first-order chi connectivity index (χ1) is 6.79. The number of aromatic nitrogens is 4. The van der Waals surface area contributed by atoms with Crippen LogP contribution in [0.25, 0.3) is 5.82 Å². The third kappa shape index (κ3) is 2.03. The van der Waals surface area contributed by atoms with Crippen LogP contribution in [0.1, 0.15) is 5.69 Å². The summed E-state index contributed by atoms with van der Waals surface area (Å²) in [5.41, 5.74) is 0.761. The lowest BCUT2D eigenvalue weighted by Crippen LogP contribution is -2.00. The minimum Gasteiger partial charge on any atom is -0.220 e. The summed E-state index contributed by atoms with van der Waals surface area (Å²) in [5, 5.41) is 12.0. The lowest BCUT2D eigenvalue weighted by atomic mass is 10.4. The van der Waals surface area contributed by atoms with E-state index in [1.54, 1.807) is 10.9 Å². The monoisotopic (exact) mass is 320 g/mol. The number of rotatable bonds is 2. The molecule has 0 saturated carbocycles. The minimum absolute atomic E-state index is 0.379. The summed E-state index contributed by atoms with van der Waals surface area (Å²) in [4.78, 5) is 0. The van der Waals surface area contributed by atoms with E-state index >= 15 is 0 Å². The molecular formula is C8H6ClIN4. The van der Waals surface area contributed by atoms with E-state index in [0.717, 1.165) is 9.26 Å². The Morgan fingerprint density at radius 3 is 2.71 bits per heavy atom. The fraction of sp³-hybridized carbons (Fsp3) is 0.125. The first kappa shape index (κ1) is 9.85. The molecule has 0 unspecified atom stereocenters. The van der Waals surface area contributed by atoms with E-state index < -0.39 is 0 Å². The topological polar surface area (TPSA) is 43.6 Å². The Morgan fingerprint density at radius 2 is 2.21 bits per heavy atom. The third-order valence-electron chi connectivity index (χ3n) is 1.63. The molecule has 0 aliphatic heterocycles. The lowest BCUT2D eigenvalue weighted by Gasteiger charge is -1.98. The number of hydrogen-bond donors (Lipinski definition) is 0. The molecule has 6 heteroatoms. The average Bonchev–Trinajstić information content (AvgIpc) is 2.65. The summed E-state index contributed by atoms with van der Waals surface area (Å²) in [6, 6.07) is 3.68. The molecule has 14 heavy (non-hydrogen) atoms. The zero-order chi connectivity index (χ0) is 9.97. The van der Waals surface area contributed by atoms with Gasteiger partial charge in [-0.2, -0.15) is 10.2 Å². The zero-order valence-electron chi connectivity index (χ0n) is 7.06. The highest BCUT2D eigenvalue weighted by atomic mass is 127. The van der Waals surface area contributed by atoms with Gasteiger partial charge in [-0.05, 0) is 34.7 Å². The number of nitrogens with zero attached hydrogens (tertiary/aromatic N) is 4. The van der Waals surface area contributed by atoms with E-state index in [0.29, 0.717) is 11.7 Å². The van der Waals surface area contributed by atoms with Gasteiger partial charge in [-0.1, -0.05) is 0 Å². The van der Waals surface area contributed by atoms with Gasteiger partial charge in [-0.3, -0.25) is 0 Å². The quantitative estimate of drug-likeness (QED) is 0.628. The highest BCUT2D eigenvalue weighted by Gasteiger charge is 2.00. The van der Waals surface area contributed by atoms with Gasteiger partial charge in [0.2, 0.25) is 0 Å². The first-order valence-corrected chi connectivity index (χ1v) is 5.50. The summed E-state index contributed by atoms with van der Waals surface area (Å²) in [6.45, 7) is 0. The SMILES string of the molecule is ClCc1ccc(-n2cc(I)cn2)nn1. The van der Waals surface area contributed by atoms with Crippen molar-refractivity contribution < 1.29 is 0 Å². The Bertz CT molecular complexity index is 425. The molecule has 0 radical (unpaired) electrons. The first-order valence-electron chi connectivity index (χ1n) is 3.89. The number of alkyl halides is 1. The maximum Gasteiger partial charge on any atom is 0.175 e. The van der Waals surface area contributed by atoms with Crippen LogP contribution < -0.4 is 0 Å². The maximum absolute atomic E-state index is 5.60. The van der Waals surface area contributed by atoms with Crippen molar-refractivity contribution >= 4 is 34.2 Å². The van der Waals surface area contributed by atoms with E-state index in [1.807, 2.05) is 18.3 Å². The molecule has 2 aromatic heterocycles. The minimum atomic E-state index is 0.379. The standard InChI is InChI=1S/C8H6ClIN4/c9-3-7-1-2-8(13-12-7)14-5-6(10)4-11-14/h1-2,4-5H,3H2. The summed E-state index contributed by atoms with van der Waals surface area (Å²) in [6.07, 6.45) is 3.64. The fourth-order valence-corrected chi connectivity index (χ4v) is 1.50. The van der Waals surface area contributed by atoms with Crippen molar-refractivity contribution in [3.05, 3.63) is 33.8 Å². The van der Waals surface area contributed by atoms with E-state index in [4.69, 9.17) is 11.6 Å². The second kappa shape index (κ2) is 4.22. The number of hydrogen-bond acceptors (Lipinski definition) is 3. The fourth-order valence-electron chi connectivity index (χ4n) is 0.972. The number of halogens is 2. The predicted molar refractivity (Wildman–Crippen MR) is 61.4 cm³/mol. The Morgan fingerprint density at radius 1 is 1.36 bits per heavy atom. The van der Waals surface area contributed by atoms with Crippen molar-refractivity contribution in [1.82, 2.24) is 20.0 Å². The van der Waals surface area contributed by atoms with Gasteiger partial charge >= 0.3 is 0 Å². The van der Waals surface area contributed by atoms with Crippen molar-refractivity contribution in [3.63, 3.8) is 0 Å². The summed E-state index contributed by atoms with van der Waals surface area (Å²) in [5.74, 6) is 1.07. The van der Waals surface area contributed by atoms with Crippen molar-refractivity contribution in [2.45, 2.75) is 5.88 Å². The Balaban J connectivity index is 2.33. The molecule has 0 spiro atoms. The van der Waals surface area contributed by atoms with Gasteiger partial charge in [0.1, 0.15) is 0 Å². The van der Waals surface area contributed by atoms with Gasteiger partial charge in [0.25, 0.3) is 0 Å². The Labute approximate surface area is 99.4 Å². The molecule has 2 heterocycles. The van der Waals surface area contributed by atoms with Crippen molar-refractivity contribution in [2.75, 3.05) is 0 Å².